The van der Waals surface area contributed by atoms with E-state index in [0.717, 1.165) is 16.8 Å². The maximum absolute atomic E-state index is 13.1. The number of hydrogen-bond donors (Lipinski definition) is 3. The lowest BCUT2D eigenvalue weighted by Gasteiger charge is -2.36. The molecule has 6 nitrogen and oxygen atoms in total. The number of hydrogen-bond acceptors (Lipinski definition) is 5. The van der Waals surface area contributed by atoms with E-state index in [2.05, 4.69) is 4.98 Å². The second kappa shape index (κ2) is 8.89. The average Bonchev–Trinajstić information content (AvgIpc) is 2.70. The Morgan fingerprint density at radius 3 is 2.31 bits per heavy atom. The van der Waals surface area contributed by atoms with Crippen molar-refractivity contribution < 1.29 is 32.9 Å². The van der Waals surface area contributed by atoms with Crippen LogP contribution in [0.25, 0.3) is 11.1 Å². The summed E-state index contributed by atoms with van der Waals surface area (Å²) in [5.74, 6) is -1.63. The Bertz CT molecular complexity index is 827. The number of aliphatic hydroxyl groups is 2. The number of carbonyl (C=O) groups excluding carboxylic acids is 1. The number of benzene rings is 1. The van der Waals surface area contributed by atoms with Gasteiger partial charge in [0.1, 0.15) is 18.4 Å². The number of nitrogens with one attached hydrogen (secondary N) is 1. The SMILES string of the molecule is O=C(NC(CF)C(O)c1ccc(-c2ccc(CC3(O)COC3)nc2)cc1)C(F)F. The summed E-state index contributed by atoms with van der Waals surface area (Å²) in [4.78, 5) is 15.4. The molecule has 3 rings (SSSR count). The zero-order valence-corrected chi connectivity index (χ0v) is 15.4. The van der Waals surface area contributed by atoms with Crippen molar-refractivity contribution in [2.24, 2.45) is 0 Å². The summed E-state index contributed by atoms with van der Waals surface area (Å²) in [5.41, 5.74) is 1.72. The molecule has 0 saturated carbocycles. The van der Waals surface area contributed by atoms with Crippen molar-refractivity contribution in [2.45, 2.75) is 30.6 Å². The molecule has 1 aromatic carbocycles. The van der Waals surface area contributed by atoms with Crippen LogP contribution in [0.15, 0.2) is 42.6 Å². The van der Waals surface area contributed by atoms with Crippen LogP contribution < -0.4 is 5.32 Å². The molecule has 9 heteroatoms. The molecule has 156 valence electrons. The quantitative estimate of drug-likeness (QED) is 0.618. The predicted octanol–water partition coefficient (Wildman–Crippen LogP) is 1.81. The van der Waals surface area contributed by atoms with Gasteiger partial charge >= 0.3 is 6.43 Å². The van der Waals surface area contributed by atoms with E-state index in [0.29, 0.717) is 6.42 Å². The number of pyridine rings is 1. The van der Waals surface area contributed by atoms with Crippen molar-refractivity contribution in [2.75, 3.05) is 19.9 Å². The van der Waals surface area contributed by atoms with Crippen molar-refractivity contribution in [3.63, 3.8) is 0 Å². The second-order valence-corrected chi connectivity index (χ2v) is 7.07. The summed E-state index contributed by atoms with van der Waals surface area (Å²) in [5, 5.41) is 22.1. The van der Waals surface area contributed by atoms with Crippen LogP contribution in [0, 0.1) is 0 Å². The molecule has 1 amide bonds. The first kappa shape index (κ1) is 21.2. The number of aliphatic hydroxyl groups excluding tert-OH is 1. The van der Waals surface area contributed by atoms with Crippen LogP contribution >= 0.6 is 0 Å². The summed E-state index contributed by atoms with van der Waals surface area (Å²) in [6.45, 7) is -0.611. The number of nitrogens with zero attached hydrogens (tertiary/aromatic N) is 1. The van der Waals surface area contributed by atoms with E-state index in [-0.39, 0.29) is 18.8 Å². The fourth-order valence-electron chi connectivity index (χ4n) is 3.03. The molecule has 2 unspecified atom stereocenters. The highest BCUT2D eigenvalue weighted by Gasteiger charge is 2.36. The number of rotatable bonds is 8. The Morgan fingerprint density at radius 1 is 1.17 bits per heavy atom. The highest BCUT2D eigenvalue weighted by molar-refractivity contribution is 5.79. The number of ether oxygens (including phenoxy) is 1. The molecular formula is C20H21F3N2O4. The first-order chi connectivity index (χ1) is 13.8. The summed E-state index contributed by atoms with van der Waals surface area (Å²) in [6.07, 6.45) is -2.71. The third-order valence-corrected chi connectivity index (χ3v) is 4.74. The summed E-state index contributed by atoms with van der Waals surface area (Å²) in [7, 11) is 0. The molecule has 2 atom stereocenters. The van der Waals surface area contributed by atoms with Gasteiger partial charge in [-0.15, -0.1) is 0 Å². The summed E-state index contributed by atoms with van der Waals surface area (Å²) in [6, 6.07) is 8.57. The molecule has 29 heavy (non-hydrogen) atoms. The minimum atomic E-state index is -3.29. The van der Waals surface area contributed by atoms with E-state index in [1.165, 1.54) is 12.1 Å². The summed E-state index contributed by atoms with van der Waals surface area (Å²) >= 11 is 0. The van der Waals surface area contributed by atoms with Crippen molar-refractivity contribution in [1.29, 1.82) is 0 Å². The van der Waals surface area contributed by atoms with Gasteiger partial charge < -0.3 is 20.3 Å². The monoisotopic (exact) mass is 410 g/mol. The van der Waals surface area contributed by atoms with Crippen LogP contribution in [0.3, 0.4) is 0 Å². The van der Waals surface area contributed by atoms with Gasteiger partial charge in [0.25, 0.3) is 5.91 Å². The molecule has 2 aromatic rings. The van der Waals surface area contributed by atoms with Gasteiger partial charge in [0, 0.05) is 23.9 Å². The molecule has 1 aliphatic rings. The Hall–Kier alpha value is -2.49. The number of aromatic nitrogens is 1. The maximum Gasteiger partial charge on any atom is 0.315 e. The minimum absolute atomic E-state index is 0.280. The lowest BCUT2D eigenvalue weighted by Crippen LogP contribution is -2.51. The summed E-state index contributed by atoms with van der Waals surface area (Å²) < 4.78 is 42.8. The third kappa shape index (κ3) is 5.11. The zero-order chi connectivity index (χ0) is 21.0. The standard InChI is InChI=1S/C20H21F3N2O4/c21-8-16(25-19(27)18(22)23)17(26)13-3-1-12(2-4-13)14-5-6-15(24-9-14)7-20(28)10-29-11-20/h1-6,9,16-18,26,28H,7-8,10-11H2,(H,25,27). The van der Waals surface area contributed by atoms with E-state index in [1.54, 1.807) is 29.7 Å². The minimum Gasteiger partial charge on any atom is -0.386 e. The van der Waals surface area contributed by atoms with Crippen molar-refractivity contribution in [3.05, 3.63) is 53.9 Å². The largest absolute Gasteiger partial charge is 0.386 e. The van der Waals surface area contributed by atoms with Crippen molar-refractivity contribution >= 4 is 5.91 Å². The van der Waals surface area contributed by atoms with Crippen molar-refractivity contribution in [1.82, 2.24) is 10.3 Å². The molecule has 0 aliphatic carbocycles. The number of halogens is 3. The van der Waals surface area contributed by atoms with E-state index < -0.39 is 36.8 Å². The highest BCUT2D eigenvalue weighted by Crippen LogP contribution is 2.25. The average molecular weight is 410 g/mol. The van der Waals surface area contributed by atoms with Crippen LogP contribution in [-0.4, -0.2) is 59.1 Å². The fourth-order valence-corrected chi connectivity index (χ4v) is 3.03. The first-order valence-corrected chi connectivity index (χ1v) is 8.99. The van der Waals surface area contributed by atoms with Gasteiger partial charge in [-0.05, 0) is 17.2 Å². The molecule has 1 aromatic heterocycles. The molecule has 1 aliphatic heterocycles. The van der Waals surface area contributed by atoms with E-state index in [4.69, 9.17) is 4.74 Å². The van der Waals surface area contributed by atoms with Crippen LogP contribution in [0.5, 0.6) is 0 Å². The molecule has 0 spiro atoms. The third-order valence-electron chi connectivity index (χ3n) is 4.74. The molecule has 1 fully saturated rings. The van der Waals surface area contributed by atoms with Crippen LogP contribution in [0.1, 0.15) is 17.4 Å². The highest BCUT2D eigenvalue weighted by atomic mass is 19.3. The van der Waals surface area contributed by atoms with Crippen LogP contribution in [0.4, 0.5) is 13.2 Å². The normalized spacial score (nSPS) is 17.4. The molecule has 1 saturated heterocycles. The van der Waals surface area contributed by atoms with Gasteiger partial charge in [-0.3, -0.25) is 9.78 Å². The maximum atomic E-state index is 13.1. The Kier molecular flexibility index (Phi) is 6.51. The first-order valence-electron chi connectivity index (χ1n) is 8.99. The number of alkyl halides is 3. The van der Waals surface area contributed by atoms with Gasteiger partial charge in [-0.25, -0.2) is 4.39 Å². The number of carbonyl (C=O) groups is 1. The van der Waals surface area contributed by atoms with E-state index >= 15 is 0 Å². The molecule has 3 N–H and O–H groups in total. The van der Waals surface area contributed by atoms with Gasteiger partial charge in [0.15, 0.2) is 0 Å². The van der Waals surface area contributed by atoms with Crippen molar-refractivity contribution in [3.8, 4) is 11.1 Å². The van der Waals surface area contributed by atoms with Gasteiger partial charge in [-0.2, -0.15) is 8.78 Å². The molecule has 2 heterocycles. The lowest BCUT2D eigenvalue weighted by atomic mass is 9.95. The van der Waals surface area contributed by atoms with Gasteiger partial charge in [0.05, 0.1) is 19.3 Å². The second-order valence-electron chi connectivity index (χ2n) is 7.07. The molecule has 0 radical (unpaired) electrons. The van der Waals surface area contributed by atoms with Gasteiger partial charge in [0.2, 0.25) is 0 Å². The zero-order valence-electron chi connectivity index (χ0n) is 15.4. The van der Waals surface area contributed by atoms with Gasteiger partial charge in [-0.1, -0.05) is 30.3 Å². The Morgan fingerprint density at radius 2 is 1.83 bits per heavy atom. The topological polar surface area (TPSA) is 91.7 Å². The Labute approximate surface area is 165 Å². The smallest absolute Gasteiger partial charge is 0.315 e. The Balaban J connectivity index is 1.66. The number of amides is 1. The fraction of sp³-hybridized carbons (Fsp3) is 0.400. The predicted molar refractivity (Wildman–Crippen MR) is 98.0 cm³/mol. The van der Waals surface area contributed by atoms with E-state index in [9.17, 15) is 28.2 Å². The van der Waals surface area contributed by atoms with Crippen LogP contribution in [0.2, 0.25) is 0 Å². The van der Waals surface area contributed by atoms with E-state index in [1.807, 2.05) is 6.07 Å². The molecule has 0 bridgehead atoms. The molecular weight excluding hydrogens is 389 g/mol. The lowest BCUT2D eigenvalue weighted by molar-refractivity contribution is -0.177. The van der Waals surface area contributed by atoms with Crippen LogP contribution in [-0.2, 0) is 16.0 Å².